The second kappa shape index (κ2) is 7.91. The lowest BCUT2D eigenvalue weighted by Gasteiger charge is -2.35. The van der Waals surface area contributed by atoms with E-state index in [1.807, 2.05) is 18.2 Å². The first kappa shape index (κ1) is 17.7. The van der Waals surface area contributed by atoms with Crippen LogP contribution in [0.1, 0.15) is 25.3 Å². The molecule has 0 radical (unpaired) electrons. The van der Waals surface area contributed by atoms with Crippen LogP contribution in [0.2, 0.25) is 0 Å². The van der Waals surface area contributed by atoms with Crippen molar-refractivity contribution < 1.29 is 4.74 Å². The van der Waals surface area contributed by atoms with Crippen LogP contribution < -0.4 is 5.56 Å². The number of nitrogens with zero attached hydrogens (tertiary/aromatic N) is 2. The lowest BCUT2D eigenvalue weighted by atomic mass is 10.0. The number of H-pyrrole nitrogens is 1. The Balaban J connectivity index is 1.32. The quantitative estimate of drug-likeness (QED) is 0.894. The molecule has 0 saturated carbocycles. The van der Waals surface area contributed by atoms with Crippen molar-refractivity contribution >= 4 is 10.8 Å². The lowest BCUT2D eigenvalue weighted by Crippen LogP contribution is -2.48. The molecule has 0 spiro atoms. The Labute approximate surface area is 154 Å². The monoisotopic (exact) mass is 355 g/mol. The molecule has 5 nitrogen and oxygen atoms in total. The summed E-state index contributed by atoms with van der Waals surface area (Å²) in [6, 6.07) is 8.14. The summed E-state index contributed by atoms with van der Waals surface area (Å²) in [7, 11) is 0. The summed E-state index contributed by atoms with van der Waals surface area (Å²) in [5.41, 5.74) is 1.18. The van der Waals surface area contributed by atoms with E-state index in [-0.39, 0.29) is 11.7 Å². The molecule has 3 heterocycles. The Morgan fingerprint density at radius 2 is 1.85 bits per heavy atom. The highest BCUT2D eigenvalue weighted by atomic mass is 16.5. The van der Waals surface area contributed by atoms with Crippen molar-refractivity contribution in [3.05, 3.63) is 46.4 Å². The highest BCUT2D eigenvalue weighted by molar-refractivity contribution is 5.81. The molecule has 2 saturated heterocycles. The number of aromatic nitrogens is 1. The van der Waals surface area contributed by atoms with E-state index in [9.17, 15) is 4.79 Å². The first-order valence-electron chi connectivity index (χ1n) is 9.92. The van der Waals surface area contributed by atoms with Crippen molar-refractivity contribution in [1.29, 1.82) is 0 Å². The van der Waals surface area contributed by atoms with Crippen molar-refractivity contribution in [2.45, 2.75) is 38.4 Å². The van der Waals surface area contributed by atoms with Crippen molar-refractivity contribution in [2.24, 2.45) is 0 Å². The summed E-state index contributed by atoms with van der Waals surface area (Å²) in [5, 5.41) is 1.77. The summed E-state index contributed by atoms with van der Waals surface area (Å²) in [6.07, 6.45) is 5.49. The maximum atomic E-state index is 12.0. The third-order valence-electron chi connectivity index (χ3n) is 5.87. The molecular weight excluding hydrogens is 326 g/mol. The van der Waals surface area contributed by atoms with Crippen molar-refractivity contribution in [3.8, 4) is 0 Å². The van der Waals surface area contributed by atoms with E-state index in [4.69, 9.17) is 4.74 Å². The molecule has 5 heteroatoms. The molecule has 0 bridgehead atoms. The highest BCUT2D eigenvalue weighted by Crippen LogP contribution is 2.25. The molecule has 4 rings (SSSR count). The second-order valence-corrected chi connectivity index (χ2v) is 7.62. The molecule has 2 atom stereocenters. The zero-order valence-electron chi connectivity index (χ0n) is 15.6. The van der Waals surface area contributed by atoms with E-state index < -0.39 is 0 Å². The van der Waals surface area contributed by atoms with Gasteiger partial charge in [0.2, 0.25) is 0 Å². The first-order chi connectivity index (χ1) is 12.7. The van der Waals surface area contributed by atoms with Gasteiger partial charge in [0.1, 0.15) is 0 Å². The first-order valence-corrected chi connectivity index (χ1v) is 9.92. The average Bonchev–Trinajstić information content (AvgIpc) is 3.10. The normalized spacial score (nSPS) is 25.1. The maximum absolute atomic E-state index is 12.0. The Morgan fingerprint density at radius 1 is 1.08 bits per heavy atom. The molecule has 2 fully saturated rings. The van der Waals surface area contributed by atoms with Crippen LogP contribution in [0.15, 0.2) is 35.3 Å². The van der Waals surface area contributed by atoms with E-state index in [0.29, 0.717) is 6.10 Å². The molecule has 26 heavy (non-hydrogen) atoms. The van der Waals surface area contributed by atoms with Crippen LogP contribution in [0.3, 0.4) is 0 Å². The van der Waals surface area contributed by atoms with Crippen molar-refractivity contribution in [3.63, 3.8) is 0 Å². The van der Waals surface area contributed by atoms with Gasteiger partial charge < -0.3 is 14.6 Å². The smallest absolute Gasteiger partial charge is 0.255 e. The number of rotatable bonds is 5. The van der Waals surface area contributed by atoms with Crippen LogP contribution in [-0.2, 0) is 11.2 Å². The number of likely N-dealkylation sites (N-methyl/N-ethyl adjacent to an activating group) is 1. The molecule has 140 valence electrons. The fourth-order valence-electron chi connectivity index (χ4n) is 4.26. The van der Waals surface area contributed by atoms with Gasteiger partial charge in [0.25, 0.3) is 5.56 Å². The topological polar surface area (TPSA) is 48.6 Å². The number of pyridine rings is 1. The number of hydrogen-bond acceptors (Lipinski definition) is 4. The van der Waals surface area contributed by atoms with Gasteiger partial charge in [0.15, 0.2) is 0 Å². The van der Waals surface area contributed by atoms with Crippen LogP contribution >= 0.6 is 0 Å². The molecule has 1 N–H and O–H groups in total. The van der Waals surface area contributed by atoms with Gasteiger partial charge in [0.05, 0.1) is 12.2 Å². The molecule has 1 aromatic carbocycles. The molecule has 0 aliphatic carbocycles. The minimum Gasteiger partial charge on any atom is -0.373 e. The van der Waals surface area contributed by atoms with Gasteiger partial charge >= 0.3 is 0 Å². The fourth-order valence-corrected chi connectivity index (χ4v) is 4.26. The molecule has 2 aliphatic heterocycles. The van der Waals surface area contributed by atoms with Crippen LogP contribution in [0.5, 0.6) is 0 Å². The molecule has 0 amide bonds. The lowest BCUT2D eigenvalue weighted by molar-refractivity contribution is 0.0130. The predicted octanol–water partition coefficient (Wildman–Crippen LogP) is 2.26. The predicted molar refractivity (Wildman–Crippen MR) is 105 cm³/mol. The fraction of sp³-hybridized carbons (Fsp3) is 0.571. The van der Waals surface area contributed by atoms with Crippen molar-refractivity contribution in [2.75, 3.05) is 39.3 Å². The van der Waals surface area contributed by atoms with Crippen LogP contribution in [0, 0.1) is 0 Å². The van der Waals surface area contributed by atoms with E-state index in [2.05, 4.69) is 27.8 Å². The van der Waals surface area contributed by atoms with Gasteiger partial charge in [-0.3, -0.25) is 9.69 Å². The molecule has 2 aromatic rings. The number of hydrogen-bond donors (Lipinski definition) is 1. The largest absolute Gasteiger partial charge is 0.373 e. The maximum Gasteiger partial charge on any atom is 0.255 e. The van der Waals surface area contributed by atoms with Gasteiger partial charge in [-0.05, 0) is 48.9 Å². The Morgan fingerprint density at radius 3 is 2.65 bits per heavy atom. The minimum absolute atomic E-state index is 0.0132. The zero-order chi connectivity index (χ0) is 17.9. The van der Waals surface area contributed by atoms with E-state index in [1.165, 1.54) is 18.7 Å². The highest BCUT2D eigenvalue weighted by Gasteiger charge is 2.28. The van der Waals surface area contributed by atoms with Gasteiger partial charge in [-0.2, -0.15) is 0 Å². The van der Waals surface area contributed by atoms with Gasteiger partial charge in [-0.1, -0.05) is 19.1 Å². The number of nitrogens with one attached hydrogen (secondary N) is 1. The summed E-state index contributed by atoms with van der Waals surface area (Å²) in [6.45, 7) is 9.13. The number of aromatic amines is 1. The Hall–Kier alpha value is -1.69. The standard InChI is InChI=1S/C21H29N3O2/c1-2-23-9-11-24(12-10-23)15-19-6-5-18(26-19)13-16-3-4-17-7-8-22-21(25)20(17)14-16/h3-4,7-8,14,18-19H,2,5-6,9-13,15H2,1H3,(H,22,25)/t18-,19+/m0/s1. The van der Waals surface area contributed by atoms with Crippen LogP contribution in [-0.4, -0.2) is 66.3 Å². The van der Waals surface area contributed by atoms with Crippen LogP contribution in [0.4, 0.5) is 0 Å². The second-order valence-electron chi connectivity index (χ2n) is 7.62. The Kier molecular flexibility index (Phi) is 5.38. The summed E-state index contributed by atoms with van der Waals surface area (Å²) in [4.78, 5) is 19.8. The van der Waals surface area contributed by atoms with Gasteiger partial charge in [-0.25, -0.2) is 0 Å². The Bertz CT molecular complexity index is 795. The number of fused-ring (bicyclic) bond motifs is 1. The van der Waals surface area contributed by atoms with Crippen LogP contribution in [0.25, 0.3) is 10.8 Å². The van der Waals surface area contributed by atoms with E-state index in [0.717, 1.165) is 56.2 Å². The van der Waals surface area contributed by atoms with Crippen molar-refractivity contribution in [1.82, 2.24) is 14.8 Å². The van der Waals surface area contributed by atoms with E-state index in [1.54, 1.807) is 6.20 Å². The number of benzene rings is 1. The number of piperazine rings is 1. The SMILES string of the molecule is CCN1CCN(C[C@H]2CC[C@@H](Cc3ccc4cc[nH]c(=O)c4c3)O2)CC1. The molecule has 0 unspecified atom stereocenters. The third-order valence-corrected chi connectivity index (χ3v) is 5.87. The van der Waals surface area contributed by atoms with Gasteiger partial charge in [0, 0.05) is 44.3 Å². The molecule has 1 aromatic heterocycles. The van der Waals surface area contributed by atoms with Gasteiger partial charge in [-0.15, -0.1) is 0 Å². The molecule has 2 aliphatic rings. The average molecular weight is 355 g/mol. The summed E-state index contributed by atoms with van der Waals surface area (Å²) < 4.78 is 6.32. The summed E-state index contributed by atoms with van der Waals surface area (Å²) in [5.74, 6) is 0. The summed E-state index contributed by atoms with van der Waals surface area (Å²) >= 11 is 0. The zero-order valence-corrected chi connectivity index (χ0v) is 15.6. The number of ether oxygens (including phenoxy) is 1. The minimum atomic E-state index is -0.0132. The van der Waals surface area contributed by atoms with E-state index >= 15 is 0 Å². The molecular formula is C21H29N3O2. The third kappa shape index (κ3) is 4.00.